The van der Waals surface area contributed by atoms with Gasteiger partial charge in [-0.05, 0) is 13.8 Å². The molecule has 9 N–H and O–H groups in total. The van der Waals surface area contributed by atoms with Crippen LogP contribution in [-0.4, -0.2) is 145 Å². The molecule has 0 aromatic carbocycles. The highest BCUT2D eigenvalue weighted by Gasteiger charge is 2.52. The highest BCUT2D eigenvalue weighted by molar-refractivity contribution is 4.95. The normalized spacial score (nSPS) is 55.0. The van der Waals surface area contributed by atoms with Gasteiger partial charge in [-0.15, -0.1) is 0 Å². The van der Waals surface area contributed by atoms with Gasteiger partial charge in [0.05, 0.1) is 18.8 Å². The van der Waals surface area contributed by atoms with Gasteiger partial charge in [0.15, 0.2) is 18.9 Å². The van der Waals surface area contributed by atoms with Crippen molar-refractivity contribution in [2.24, 2.45) is 0 Å². The molecule has 32 heavy (non-hydrogen) atoms. The number of aliphatic hydroxyl groups excluding tert-OH is 9. The molecule has 3 fully saturated rings. The van der Waals surface area contributed by atoms with Gasteiger partial charge in [0.2, 0.25) is 0 Å². The van der Waals surface area contributed by atoms with E-state index in [1.54, 1.807) is 0 Å². The van der Waals surface area contributed by atoms with Gasteiger partial charge in [0.25, 0.3) is 0 Å². The predicted molar refractivity (Wildman–Crippen MR) is 98.4 cm³/mol. The van der Waals surface area contributed by atoms with Crippen molar-refractivity contribution in [3.8, 4) is 0 Å². The standard InChI is InChI=1S/C18H32O14/c1-4-7(20)10(23)12(25)17(28-4)31-14-8(21)5(2)29-18(13(14)26)32-15-11(24)9(22)6(3-19)30-16(15)27/h4-27H,3H2,1-2H3/t4-,5-,6+,7-,8-,9+,10+,11-,12+,13+,14+,15+,16?,17-,18-/m0/s1. The van der Waals surface area contributed by atoms with E-state index in [1.165, 1.54) is 13.8 Å². The summed E-state index contributed by atoms with van der Waals surface area (Å²) in [6.45, 7) is 2.17. The van der Waals surface area contributed by atoms with Gasteiger partial charge in [-0.2, -0.15) is 0 Å². The first kappa shape index (κ1) is 26.1. The van der Waals surface area contributed by atoms with Crippen LogP contribution in [-0.2, 0) is 23.7 Å². The largest absolute Gasteiger partial charge is 0.394 e. The van der Waals surface area contributed by atoms with Crippen LogP contribution in [0.25, 0.3) is 0 Å². The molecule has 3 saturated heterocycles. The fourth-order valence-electron chi connectivity index (χ4n) is 3.92. The molecule has 3 aliphatic rings. The first-order chi connectivity index (χ1) is 15.0. The van der Waals surface area contributed by atoms with Crippen LogP contribution in [0.15, 0.2) is 0 Å². The lowest BCUT2D eigenvalue weighted by Crippen LogP contribution is -2.65. The molecule has 0 aromatic heterocycles. The molecule has 0 aromatic rings. The molecule has 0 amide bonds. The Bertz CT molecular complexity index is 610. The van der Waals surface area contributed by atoms with Gasteiger partial charge in [-0.1, -0.05) is 0 Å². The van der Waals surface area contributed by atoms with Crippen molar-refractivity contribution in [1.82, 2.24) is 0 Å². The molecule has 14 heteroatoms. The SMILES string of the molecule is C[C@@H]1O[C@@H](O[C@@H]2[C@@H](O)[C@H](C)O[C@@H](O[C@H]3C(O)O[C@H](CO)[C@@H](O)[C@@H]3O)[C@@H]2O)[C@H](O)[C@H](O)[C@H]1O. The van der Waals surface area contributed by atoms with Crippen LogP contribution in [0.5, 0.6) is 0 Å². The third-order valence-corrected chi connectivity index (χ3v) is 6.02. The Morgan fingerprint density at radius 2 is 1.09 bits per heavy atom. The van der Waals surface area contributed by atoms with Crippen molar-refractivity contribution < 1.29 is 69.6 Å². The second-order valence-electron chi connectivity index (χ2n) is 8.30. The minimum Gasteiger partial charge on any atom is -0.394 e. The minimum atomic E-state index is -1.79. The lowest BCUT2D eigenvalue weighted by Gasteiger charge is -2.47. The molecule has 3 aliphatic heterocycles. The van der Waals surface area contributed by atoms with E-state index >= 15 is 0 Å². The Hall–Kier alpha value is -0.560. The average Bonchev–Trinajstić information content (AvgIpc) is 2.76. The first-order valence-corrected chi connectivity index (χ1v) is 10.3. The number of ether oxygens (including phenoxy) is 5. The zero-order valence-corrected chi connectivity index (χ0v) is 17.4. The molecule has 14 nitrogen and oxygen atoms in total. The highest BCUT2D eigenvalue weighted by atomic mass is 16.7. The summed E-state index contributed by atoms with van der Waals surface area (Å²) < 4.78 is 26.7. The highest BCUT2D eigenvalue weighted by Crippen LogP contribution is 2.31. The van der Waals surface area contributed by atoms with E-state index in [0.29, 0.717) is 0 Å². The maximum atomic E-state index is 10.7. The summed E-state index contributed by atoms with van der Waals surface area (Å²) in [5.41, 5.74) is 0. The minimum absolute atomic E-state index is 0.674. The summed E-state index contributed by atoms with van der Waals surface area (Å²) in [6.07, 6.45) is -22.4. The zero-order valence-electron chi connectivity index (χ0n) is 17.4. The lowest BCUT2D eigenvalue weighted by molar-refractivity contribution is -0.378. The van der Waals surface area contributed by atoms with Crippen molar-refractivity contribution in [3.05, 3.63) is 0 Å². The van der Waals surface area contributed by atoms with Crippen molar-refractivity contribution >= 4 is 0 Å². The molecular weight excluding hydrogens is 440 g/mol. The predicted octanol–water partition coefficient (Wildman–Crippen LogP) is -5.52. The molecule has 0 spiro atoms. The Morgan fingerprint density at radius 1 is 0.562 bits per heavy atom. The van der Waals surface area contributed by atoms with Crippen LogP contribution >= 0.6 is 0 Å². The number of rotatable bonds is 5. The van der Waals surface area contributed by atoms with E-state index in [9.17, 15) is 40.9 Å². The molecule has 0 bridgehead atoms. The van der Waals surface area contributed by atoms with Crippen molar-refractivity contribution in [2.75, 3.05) is 6.61 Å². The third kappa shape index (κ3) is 4.94. The van der Waals surface area contributed by atoms with Crippen LogP contribution in [0.2, 0.25) is 0 Å². The molecule has 0 radical (unpaired) electrons. The van der Waals surface area contributed by atoms with Gasteiger partial charge < -0.3 is 69.6 Å². The number of hydrogen-bond donors (Lipinski definition) is 9. The zero-order chi connectivity index (χ0) is 23.9. The quantitative estimate of drug-likeness (QED) is 0.182. The number of aliphatic hydroxyl groups is 9. The van der Waals surface area contributed by atoms with Crippen molar-refractivity contribution in [2.45, 2.75) is 106 Å². The summed E-state index contributed by atoms with van der Waals surface area (Å²) >= 11 is 0. The van der Waals surface area contributed by atoms with Crippen molar-refractivity contribution in [3.63, 3.8) is 0 Å². The van der Waals surface area contributed by atoms with Gasteiger partial charge in [-0.3, -0.25) is 0 Å². The van der Waals surface area contributed by atoms with E-state index in [0.717, 1.165) is 0 Å². The lowest BCUT2D eigenvalue weighted by atomic mass is 9.96. The van der Waals surface area contributed by atoms with Crippen LogP contribution in [0.3, 0.4) is 0 Å². The molecule has 188 valence electrons. The third-order valence-electron chi connectivity index (χ3n) is 6.02. The Kier molecular flexibility index (Phi) is 8.44. The molecule has 0 saturated carbocycles. The smallest absolute Gasteiger partial charge is 0.187 e. The second kappa shape index (κ2) is 10.4. The van der Waals surface area contributed by atoms with Gasteiger partial charge in [-0.25, -0.2) is 0 Å². The Labute approximate surface area is 183 Å². The molecule has 3 rings (SSSR count). The Morgan fingerprint density at radius 3 is 1.69 bits per heavy atom. The second-order valence-corrected chi connectivity index (χ2v) is 8.30. The maximum absolute atomic E-state index is 10.7. The fraction of sp³-hybridized carbons (Fsp3) is 1.00. The molecule has 15 atom stereocenters. The summed E-state index contributed by atoms with van der Waals surface area (Å²) in [7, 11) is 0. The van der Waals surface area contributed by atoms with E-state index < -0.39 is 98.7 Å². The molecular formula is C18H32O14. The van der Waals surface area contributed by atoms with Crippen LogP contribution in [0, 0.1) is 0 Å². The first-order valence-electron chi connectivity index (χ1n) is 10.3. The average molecular weight is 472 g/mol. The summed E-state index contributed by atoms with van der Waals surface area (Å²) in [5, 5.41) is 90.5. The van der Waals surface area contributed by atoms with E-state index in [2.05, 4.69) is 0 Å². The Balaban J connectivity index is 1.72. The maximum Gasteiger partial charge on any atom is 0.187 e. The molecule has 3 heterocycles. The molecule has 1 unspecified atom stereocenters. The van der Waals surface area contributed by atoms with Crippen LogP contribution in [0.1, 0.15) is 13.8 Å². The van der Waals surface area contributed by atoms with E-state index in [-0.39, 0.29) is 0 Å². The van der Waals surface area contributed by atoms with E-state index in [1.807, 2.05) is 0 Å². The topological polar surface area (TPSA) is 228 Å². The van der Waals surface area contributed by atoms with Crippen molar-refractivity contribution in [1.29, 1.82) is 0 Å². The molecule has 0 aliphatic carbocycles. The summed E-state index contributed by atoms with van der Waals surface area (Å²) in [5.74, 6) is 0. The monoisotopic (exact) mass is 472 g/mol. The van der Waals surface area contributed by atoms with Gasteiger partial charge >= 0.3 is 0 Å². The van der Waals surface area contributed by atoms with E-state index in [4.69, 9.17) is 28.8 Å². The fourth-order valence-corrected chi connectivity index (χ4v) is 3.92. The number of hydrogen-bond acceptors (Lipinski definition) is 14. The van der Waals surface area contributed by atoms with Gasteiger partial charge in [0, 0.05) is 0 Å². The summed E-state index contributed by atoms with van der Waals surface area (Å²) in [4.78, 5) is 0. The van der Waals surface area contributed by atoms with Crippen LogP contribution in [0.4, 0.5) is 0 Å². The van der Waals surface area contributed by atoms with Crippen LogP contribution < -0.4 is 0 Å². The summed E-state index contributed by atoms with van der Waals surface area (Å²) in [6, 6.07) is 0. The van der Waals surface area contributed by atoms with Gasteiger partial charge in [0.1, 0.15) is 61.0 Å².